The molecule has 70 valence electrons. The number of aromatic nitrogens is 2. The van der Waals surface area contributed by atoms with Gasteiger partial charge in [0.15, 0.2) is 0 Å². The fourth-order valence-corrected chi connectivity index (χ4v) is 1.67. The first-order valence-corrected chi connectivity index (χ1v) is 5.65. The Balaban J connectivity index is 0.000000561. The second-order valence-corrected chi connectivity index (χ2v) is 3.67. The number of imidazole rings is 1. The summed E-state index contributed by atoms with van der Waals surface area (Å²) in [5.74, 6) is 0.902. The zero-order valence-corrected chi connectivity index (χ0v) is 9.17. The molecular formula is C8H17N3S. The van der Waals surface area contributed by atoms with Crippen LogP contribution in [0.2, 0.25) is 0 Å². The Morgan fingerprint density at radius 2 is 1.83 bits per heavy atom. The Morgan fingerprint density at radius 3 is 2.00 bits per heavy atom. The Hall–Kier alpha value is -0.640. The average molecular weight is 187 g/mol. The zero-order valence-electron chi connectivity index (χ0n) is 8.36. The van der Waals surface area contributed by atoms with E-state index in [1.165, 1.54) is 0 Å². The molecule has 1 aromatic heterocycles. The molecular weight excluding hydrogens is 170 g/mol. The molecule has 0 saturated carbocycles. The van der Waals surface area contributed by atoms with Crippen LogP contribution in [0, 0.1) is 18.6 Å². The molecule has 0 aliphatic rings. The average Bonchev–Trinajstić information content (AvgIpc) is 2.34. The lowest BCUT2D eigenvalue weighted by atomic mass is 10.6. The summed E-state index contributed by atoms with van der Waals surface area (Å²) in [6.45, 7) is 7.86. The highest BCUT2D eigenvalue weighted by Gasteiger charge is 2.02. The third kappa shape index (κ3) is 2.77. The van der Waals surface area contributed by atoms with E-state index in [1.54, 1.807) is 0 Å². The van der Waals surface area contributed by atoms with Gasteiger partial charge in [0.2, 0.25) is 0 Å². The third-order valence-corrected chi connectivity index (χ3v) is 2.23. The number of H-pyrrole nitrogens is 1. The monoisotopic (exact) mass is 187 g/mol. The highest BCUT2D eigenvalue weighted by molar-refractivity contribution is 7.85. The standard InChI is InChI=1S/C6H11N3S.C2H6/c1-4-6(10(3)7)9-5(2)8-4;1-2/h7H,1-3H3,(H,8,9);1-2H3. The molecule has 1 atom stereocenters. The van der Waals surface area contributed by atoms with Gasteiger partial charge in [-0.05, 0) is 20.1 Å². The lowest BCUT2D eigenvalue weighted by Crippen LogP contribution is -1.87. The fourth-order valence-electron chi connectivity index (χ4n) is 0.887. The van der Waals surface area contributed by atoms with Crippen LogP contribution in [-0.4, -0.2) is 16.2 Å². The molecule has 0 fully saturated rings. The van der Waals surface area contributed by atoms with Gasteiger partial charge < -0.3 is 4.98 Å². The Labute approximate surface area is 76.5 Å². The number of aromatic amines is 1. The molecule has 1 aromatic rings. The van der Waals surface area contributed by atoms with Crippen molar-refractivity contribution in [1.82, 2.24) is 9.97 Å². The van der Waals surface area contributed by atoms with E-state index < -0.39 is 10.7 Å². The van der Waals surface area contributed by atoms with E-state index in [-0.39, 0.29) is 0 Å². The molecule has 0 aromatic carbocycles. The van der Waals surface area contributed by atoms with E-state index in [0.717, 1.165) is 16.5 Å². The summed E-state index contributed by atoms with van der Waals surface area (Å²) >= 11 is 0. The number of nitrogens with zero attached hydrogens (tertiary/aromatic N) is 1. The van der Waals surface area contributed by atoms with Crippen LogP contribution >= 0.6 is 0 Å². The predicted octanol–water partition coefficient (Wildman–Crippen LogP) is 2.42. The molecule has 1 heterocycles. The minimum absolute atomic E-state index is 0.462. The first-order chi connectivity index (χ1) is 5.61. The summed E-state index contributed by atoms with van der Waals surface area (Å²) in [5, 5.41) is 0.887. The lowest BCUT2D eigenvalue weighted by molar-refractivity contribution is 1.10. The maximum absolute atomic E-state index is 7.42. The number of hydrogen-bond acceptors (Lipinski definition) is 2. The van der Waals surface area contributed by atoms with E-state index >= 15 is 0 Å². The second kappa shape index (κ2) is 5.09. The van der Waals surface area contributed by atoms with Crippen LogP contribution in [-0.2, 0) is 10.7 Å². The lowest BCUT2D eigenvalue weighted by Gasteiger charge is -1.91. The van der Waals surface area contributed by atoms with Gasteiger partial charge in [-0.25, -0.2) is 4.98 Å². The van der Waals surface area contributed by atoms with Crippen LogP contribution < -0.4 is 0 Å². The summed E-state index contributed by atoms with van der Waals surface area (Å²) in [6, 6.07) is 0. The molecule has 12 heavy (non-hydrogen) atoms. The largest absolute Gasteiger partial charge is 0.345 e. The normalized spacial score (nSPS) is 11.8. The van der Waals surface area contributed by atoms with Gasteiger partial charge in [0.1, 0.15) is 10.9 Å². The van der Waals surface area contributed by atoms with Crippen molar-refractivity contribution >= 4 is 10.7 Å². The van der Waals surface area contributed by atoms with Gasteiger partial charge in [-0.2, -0.15) is 0 Å². The molecule has 1 rings (SSSR count). The van der Waals surface area contributed by atoms with Gasteiger partial charge in [-0.15, -0.1) is 0 Å². The summed E-state index contributed by atoms with van der Waals surface area (Å²) in [5.41, 5.74) is 1.03. The van der Waals surface area contributed by atoms with Gasteiger partial charge >= 0.3 is 0 Å². The molecule has 0 spiro atoms. The van der Waals surface area contributed by atoms with Crippen LogP contribution in [0.1, 0.15) is 25.4 Å². The molecule has 1 unspecified atom stereocenters. The molecule has 0 aliphatic heterocycles. The molecule has 0 aliphatic carbocycles. The van der Waals surface area contributed by atoms with Crippen molar-refractivity contribution in [2.24, 2.45) is 0 Å². The maximum atomic E-state index is 7.42. The predicted molar refractivity (Wildman–Crippen MR) is 53.7 cm³/mol. The van der Waals surface area contributed by atoms with Gasteiger partial charge in [0.05, 0.1) is 0 Å². The number of rotatable bonds is 1. The Bertz CT molecular complexity index is 265. The Kier molecular flexibility index (Phi) is 4.81. The smallest absolute Gasteiger partial charge is 0.127 e. The van der Waals surface area contributed by atoms with E-state index in [2.05, 4.69) is 9.97 Å². The molecule has 3 nitrogen and oxygen atoms in total. The first-order valence-electron chi connectivity index (χ1n) is 4.01. The van der Waals surface area contributed by atoms with Crippen molar-refractivity contribution in [3.63, 3.8) is 0 Å². The van der Waals surface area contributed by atoms with Gasteiger partial charge in [0.25, 0.3) is 0 Å². The van der Waals surface area contributed by atoms with Crippen molar-refractivity contribution < 1.29 is 0 Å². The van der Waals surface area contributed by atoms with Crippen molar-refractivity contribution in [3.8, 4) is 0 Å². The van der Waals surface area contributed by atoms with Crippen molar-refractivity contribution in [2.45, 2.75) is 32.7 Å². The second-order valence-electron chi connectivity index (χ2n) is 2.26. The third-order valence-electron chi connectivity index (χ3n) is 1.25. The molecule has 0 bridgehead atoms. The summed E-state index contributed by atoms with van der Waals surface area (Å²) < 4.78 is 7.42. The van der Waals surface area contributed by atoms with Crippen molar-refractivity contribution in [1.29, 1.82) is 4.78 Å². The summed E-state index contributed by atoms with van der Waals surface area (Å²) in [7, 11) is -0.462. The maximum Gasteiger partial charge on any atom is 0.127 e. The van der Waals surface area contributed by atoms with Crippen LogP contribution in [0.4, 0.5) is 0 Å². The molecule has 4 heteroatoms. The van der Waals surface area contributed by atoms with Gasteiger partial charge in [0, 0.05) is 5.69 Å². The molecule has 0 amide bonds. The number of nitrogens with one attached hydrogen (secondary N) is 2. The van der Waals surface area contributed by atoms with Crippen LogP contribution in [0.15, 0.2) is 5.03 Å². The van der Waals surface area contributed by atoms with Crippen LogP contribution in [0.25, 0.3) is 0 Å². The topological polar surface area (TPSA) is 52.5 Å². The number of aryl methyl sites for hydroxylation is 2. The van der Waals surface area contributed by atoms with Gasteiger partial charge in [-0.3, -0.25) is 4.78 Å². The number of hydrogen-bond donors (Lipinski definition) is 2. The van der Waals surface area contributed by atoms with E-state index in [0.29, 0.717) is 0 Å². The quantitative estimate of drug-likeness (QED) is 0.697. The minimum Gasteiger partial charge on any atom is -0.345 e. The van der Waals surface area contributed by atoms with Crippen LogP contribution in [0.3, 0.4) is 0 Å². The SMILES string of the molecule is CC.Cc1nc(S(C)=N)c(C)[nH]1. The summed E-state index contributed by atoms with van der Waals surface area (Å²) in [6.07, 6.45) is 1.85. The molecule has 0 radical (unpaired) electrons. The summed E-state index contributed by atoms with van der Waals surface area (Å²) in [4.78, 5) is 7.24. The minimum atomic E-state index is -0.462. The van der Waals surface area contributed by atoms with Crippen LogP contribution in [0.5, 0.6) is 0 Å². The molecule has 0 saturated heterocycles. The fraction of sp³-hybridized carbons (Fsp3) is 0.625. The zero-order chi connectivity index (χ0) is 9.72. The van der Waals surface area contributed by atoms with Gasteiger partial charge in [-0.1, -0.05) is 24.5 Å². The van der Waals surface area contributed by atoms with Crippen molar-refractivity contribution in [3.05, 3.63) is 11.5 Å². The first kappa shape index (κ1) is 11.4. The molecule has 2 N–H and O–H groups in total. The van der Waals surface area contributed by atoms with E-state index in [1.807, 2.05) is 34.0 Å². The Morgan fingerprint density at radius 1 is 1.33 bits per heavy atom. The van der Waals surface area contributed by atoms with E-state index in [4.69, 9.17) is 4.78 Å². The van der Waals surface area contributed by atoms with Crippen molar-refractivity contribution in [2.75, 3.05) is 6.26 Å². The highest BCUT2D eigenvalue weighted by Crippen LogP contribution is 2.07. The highest BCUT2D eigenvalue weighted by atomic mass is 32.2. The van der Waals surface area contributed by atoms with E-state index in [9.17, 15) is 0 Å².